The van der Waals surface area contributed by atoms with Crippen LogP contribution in [0.3, 0.4) is 0 Å². The summed E-state index contributed by atoms with van der Waals surface area (Å²) in [5, 5.41) is 10.3. The van der Waals surface area contributed by atoms with E-state index in [2.05, 4.69) is 18.2 Å². The monoisotopic (exact) mass is 219 g/mol. The molecule has 0 aliphatic heterocycles. The molecule has 0 saturated heterocycles. The molecule has 0 bridgehead atoms. The van der Waals surface area contributed by atoms with E-state index in [-0.39, 0.29) is 0 Å². The van der Waals surface area contributed by atoms with E-state index < -0.39 is 5.60 Å². The molecule has 0 fully saturated rings. The molecule has 1 aliphatic carbocycles. The first-order valence-corrected chi connectivity index (χ1v) is 6.18. The van der Waals surface area contributed by atoms with Crippen LogP contribution in [0.4, 0.5) is 0 Å². The molecule has 2 rings (SSSR count). The second-order valence-corrected chi connectivity index (χ2v) is 5.00. The van der Waals surface area contributed by atoms with Crippen molar-refractivity contribution in [3.8, 4) is 0 Å². The number of benzene rings is 1. The van der Waals surface area contributed by atoms with Crippen molar-refractivity contribution in [2.24, 2.45) is 5.73 Å². The summed E-state index contributed by atoms with van der Waals surface area (Å²) in [6, 6.07) is 6.40. The minimum Gasteiger partial charge on any atom is -0.385 e. The van der Waals surface area contributed by atoms with Gasteiger partial charge in [0.25, 0.3) is 0 Å². The molecule has 3 N–H and O–H groups in total. The number of aryl methyl sites for hydroxylation is 2. The number of rotatable bonds is 3. The van der Waals surface area contributed by atoms with Gasteiger partial charge in [0.15, 0.2) is 0 Å². The van der Waals surface area contributed by atoms with Gasteiger partial charge in [0.1, 0.15) is 0 Å². The molecular formula is C14H21NO. The van der Waals surface area contributed by atoms with Crippen molar-refractivity contribution in [2.45, 2.75) is 44.6 Å². The molecule has 2 heteroatoms. The van der Waals surface area contributed by atoms with Gasteiger partial charge in [0.2, 0.25) is 0 Å². The van der Waals surface area contributed by atoms with Crippen LogP contribution in [-0.4, -0.2) is 11.7 Å². The van der Waals surface area contributed by atoms with Crippen LogP contribution < -0.4 is 5.73 Å². The van der Waals surface area contributed by atoms with E-state index in [1.54, 1.807) is 0 Å². The van der Waals surface area contributed by atoms with E-state index >= 15 is 0 Å². The lowest BCUT2D eigenvalue weighted by atomic mass is 9.85. The molecule has 1 aromatic rings. The van der Waals surface area contributed by atoms with Gasteiger partial charge >= 0.3 is 0 Å². The molecule has 0 radical (unpaired) electrons. The lowest BCUT2D eigenvalue weighted by Gasteiger charge is -2.25. The summed E-state index contributed by atoms with van der Waals surface area (Å²) in [5.41, 5.74) is 8.64. The summed E-state index contributed by atoms with van der Waals surface area (Å²) in [6.45, 7) is 2.37. The highest BCUT2D eigenvalue weighted by Crippen LogP contribution is 2.29. The summed E-state index contributed by atoms with van der Waals surface area (Å²) < 4.78 is 0. The second kappa shape index (κ2) is 4.56. The fourth-order valence-corrected chi connectivity index (χ4v) is 2.49. The highest BCUT2D eigenvalue weighted by molar-refractivity contribution is 5.36. The van der Waals surface area contributed by atoms with Crippen molar-refractivity contribution in [2.75, 3.05) is 6.54 Å². The molecule has 88 valence electrons. The van der Waals surface area contributed by atoms with Gasteiger partial charge in [0.05, 0.1) is 5.60 Å². The Kier molecular flexibility index (Phi) is 3.31. The van der Waals surface area contributed by atoms with Gasteiger partial charge in [-0.25, -0.2) is 0 Å². The SMILES string of the molecule is CC(O)(CCN)c1ccc2c(c1)CCCC2. The van der Waals surface area contributed by atoms with Crippen LogP contribution in [0.15, 0.2) is 18.2 Å². The molecular weight excluding hydrogens is 198 g/mol. The Balaban J connectivity index is 2.29. The third-order valence-corrected chi connectivity index (χ3v) is 3.60. The summed E-state index contributed by atoms with van der Waals surface area (Å²) in [7, 11) is 0. The summed E-state index contributed by atoms with van der Waals surface area (Å²) in [5.74, 6) is 0. The normalized spacial score (nSPS) is 18.9. The average Bonchev–Trinajstić information content (AvgIpc) is 2.28. The maximum atomic E-state index is 10.3. The Morgan fingerprint density at radius 2 is 1.94 bits per heavy atom. The highest BCUT2D eigenvalue weighted by atomic mass is 16.3. The van der Waals surface area contributed by atoms with Crippen molar-refractivity contribution in [1.29, 1.82) is 0 Å². The molecule has 0 aromatic heterocycles. The zero-order valence-electron chi connectivity index (χ0n) is 10.00. The molecule has 1 unspecified atom stereocenters. The molecule has 0 heterocycles. The van der Waals surface area contributed by atoms with Crippen molar-refractivity contribution in [3.63, 3.8) is 0 Å². The lowest BCUT2D eigenvalue weighted by Crippen LogP contribution is -2.25. The maximum Gasteiger partial charge on any atom is 0.0880 e. The van der Waals surface area contributed by atoms with Crippen LogP contribution in [-0.2, 0) is 18.4 Å². The Morgan fingerprint density at radius 1 is 1.25 bits per heavy atom. The van der Waals surface area contributed by atoms with E-state index in [0.29, 0.717) is 13.0 Å². The lowest BCUT2D eigenvalue weighted by molar-refractivity contribution is 0.0503. The predicted molar refractivity (Wildman–Crippen MR) is 66.3 cm³/mol. The van der Waals surface area contributed by atoms with Gasteiger partial charge in [-0.05, 0) is 62.3 Å². The molecule has 1 aliphatic rings. The highest BCUT2D eigenvalue weighted by Gasteiger charge is 2.23. The molecule has 1 aromatic carbocycles. The predicted octanol–water partition coefficient (Wildman–Crippen LogP) is 2.12. The topological polar surface area (TPSA) is 46.2 Å². The molecule has 16 heavy (non-hydrogen) atoms. The van der Waals surface area contributed by atoms with Crippen LogP contribution in [0.5, 0.6) is 0 Å². The van der Waals surface area contributed by atoms with Crippen LogP contribution in [0.1, 0.15) is 42.9 Å². The Bertz CT molecular complexity index is 371. The first-order chi connectivity index (χ1) is 7.63. The van der Waals surface area contributed by atoms with E-state index in [1.165, 1.54) is 30.4 Å². The minimum atomic E-state index is -0.777. The number of fused-ring (bicyclic) bond motifs is 1. The third-order valence-electron chi connectivity index (χ3n) is 3.60. The number of hydrogen-bond donors (Lipinski definition) is 2. The van der Waals surface area contributed by atoms with Gasteiger partial charge in [-0.3, -0.25) is 0 Å². The Labute approximate surface area is 97.5 Å². The summed E-state index contributed by atoms with van der Waals surface area (Å²) >= 11 is 0. The van der Waals surface area contributed by atoms with Crippen LogP contribution in [0.25, 0.3) is 0 Å². The smallest absolute Gasteiger partial charge is 0.0880 e. The first-order valence-electron chi connectivity index (χ1n) is 6.18. The largest absolute Gasteiger partial charge is 0.385 e. The number of aliphatic hydroxyl groups is 1. The fraction of sp³-hybridized carbons (Fsp3) is 0.571. The van der Waals surface area contributed by atoms with E-state index in [4.69, 9.17) is 5.73 Å². The van der Waals surface area contributed by atoms with Gasteiger partial charge in [0, 0.05) is 0 Å². The van der Waals surface area contributed by atoms with Crippen molar-refractivity contribution in [3.05, 3.63) is 34.9 Å². The number of nitrogens with two attached hydrogens (primary N) is 1. The van der Waals surface area contributed by atoms with Crippen LogP contribution in [0.2, 0.25) is 0 Å². The van der Waals surface area contributed by atoms with E-state index in [1.807, 2.05) is 6.92 Å². The van der Waals surface area contributed by atoms with Crippen LogP contribution >= 0.6 is 0 Å². The van der Waals surface area contributed by atoms with Crippen LogP contribution in [0, 0.1) is 0 Å². The first kappa shape index (κ1) is 11.6. The Hall–Kier alpha value is -0.860. The van der Waals surface area contributed by atoms with Crippen molar-refractivity contribution < 1.29 is 5.11 Å². The minimum absolute atomic E-state index is 0.518. The molecule has 0 spiro atoms. The molecule has 0 saturated carbocycles. The van der Waals surface area contributed by atoms with Crippen molar-refractivity contribution >= 4 is 0 Å². The molecule has 2 nitrogen and oxygen atoms in total. The summed E-state index contributed by atoms with van der Waals surface area (Å²) in [6.07, 6.45) is 5.53. The molecule has 0 amide bonds. The zero-order valence-corrected chi connectivity index (χ0v) is 10.00. The van der Waals surface area contributed by atoms with Gasteiger partial charge in [-0.15, -0.1) is 0 Å². The van der Waals surface area contributed by atoms with Crippen molar-refractivity contribution in [1.82, 2.24) is 0 Å². The van der Waals surface area contributed by atoms with Gasteiger partial charge in [-0.2, -0.15) is 0 Å². The average molecular weight is 219 g/mol. The Morgan fingerprint density at radius 3 is 2.62 bits per heavy atom. The standard InChI is InChI=1S/C14H21NO/c1-14(16,8-9-15)13-7-6-11-4-2-3-5-12(11)10-13/h6-7,10,16H,2-5,8-9,15H2,1H3. The fourth-order valence-electron chi connectivity index (χ4n) is 2.49. The second-order valence-electron chi connectivity index (χ2n) is 5.00. The van der Waals surface area contributed by atoms with Gasteiger partial charge in [-0.1, -0.05) is 18.2 Å². The van der Waals surface area contributed by atoms with E-state index in [0.717, 1.165) is 12.0 Å². The van der Waals surface area contributed by atoms with Gasteiger partial charge < -0.3 is 10.8 Å². The van der Waals surface area contributed by atoms with E-state index in [9.17, 15) is 5.11 Å². The molecule has 1 atom stereocenters. The maximum absolute atomic E-state index is 10.3. The zero-order chi connectivity index (χ0) is 11.6. The quantitative estimate of drug-likeness (QED) is 0.818. The summed E-state index contributed by atoms with van der Waals surface area (Å²) in [4.78, 5) is 0. The number of hydrogen-bond acceptors (Lipinski definition) is 2. The third kappa shape index (κ3) is 2.28.